The van der Waals surface area contributed by atoms with E-state index >= 15 is 0 Å². The Balaban J connectivity index is 1.23. The van der Waals surface area contributed by atoms with E-state index in [4.69, 9.17) is 9.97 Å². The standard InChI is InChI=1S/C52H33BN4/c1-4-16-34(17-5-1)51-42-26-14-15-27-45(42)54-52(55-51)39-32-48-50-49(33-39)57(41-24-8-3-9-25-41)47-31-38-21-13-11-19-36(38)29-44(47)53(50)43-28-35-18-10-12-20-37(35)30-46(43)56(48)40-22-6-2-7-23-40/h1-33H. The maximum Gasteiger partial charge on any atom is 0.252 e. The third-order valence-corrected chi connectivity index (χ3v) is 11.7. The van der Waals surface area contributed by atoms with Crippen molar-refractivity contribution in [2.45, 2.75) is 0 Å². The number of aromatic nitrogens is 2. The van der Waals surface area contributed by atoms with Crippen molar-refractivity contribution in [2.24, 2.45) is 0 Å². The lowest BCUT2D eigenvalue weighted by Crippen LogP contribution is -2.61. The summed E-state index contributed by atoms with van der Waals surface area (Å²) >= 11 is 0. The lowest BCUT2D eigenvalue weighted by Gasteiger charge is -2.44. The fraction of sp³-hybridized carbons (Fsp3) is 0. The molecule has 0 spiro atoms. The molecule has 0 saturated heterocycles. The van der Waals surface area contributed by atoms with E-state index in [9.17, 15) is 0 Å². The summed E-state index contributed by atoms with van der Waals surface area (Å²) in [5.74, 6) is 0.692. The third-order valence-electron chi connectivity index (χ3n) is 11.7. The Bertz CT molecular complexity index is 3050. The van der Waals surface area contributed by atoms with Gasteiger partial charge in [-0.05, 0) is 92.5 Å². The van der Waals surface area contributed by atoms with Gasteiger partial charge >= 0.3 is 0 Å². The van der Waals surface area contributed by atoms with Crippen molar-refractivity contribution in [2.75, 3.05) is 9.80 Å². The second-order valence-electron chi connectivity index (χ2n) is 15.0. The van der Waals surface area contributed by atoms with E-state index in [-0.39, 0.29) is 6.71 Å². The van der Waals surface area contributed by atoms with Gasteiger partial charge in [0.2, 0.25) is 0 Å². The zero-order valence-corrected chi connectivity index (χ0v) is 30.9. The first kappa shape index (κ1) is 31.8. The van der Waals surface area contributed by atoms with Crippen LogP contribution in [-0.4, -0.2) is 16.7 Å². The van der Waals surface area contributed by atoms with E-state index in [1.165, 1.54) is 49.3 Å². The normalized spacial score (nSPS) is 12.8. The molecule has 3 heterocycles. The number of nitrogens with zero attached hydrogens (tertiary/aromatic N) is 4. The molecule has 2 aliphatic heterocycles. The van der Waals surface area contributed by atoms with Gasteiger partial charge in [-0.1, -0.05) is 146 Å². The van der Waals surface area contributed by atoms with Crippen molar-refractivity contribution >= 4 is 89.7 Å². The molecular formula is C52H33BN4. The highest BCUT2D eigenvalue weighted by Gasteiger charge is 2.44. The molecule has 0 aliphatic carbocycles. The Hall–Kier alpha value is -7.50. The molecular weight excluding hydrogens is 691 g/mol. The summed E-state index contributed by atoms with van der Waals surface area (Å²) in [6.45, 7) is -0.0272. The smallest absolute Gasteiger partial charge is 0.252 e. The summed E-state index contributed by atoms with van der Waals surface area (Å²) in [5, 5.41) is 5.92. The van der Waals surface area contributed by atoms with Crippen molar-refractivity contribution in [3.05, 3.63) is 200 Å². The van der Waals surface area contributed by atoms with Gasteiger partial charge in [0, 0.05) is 50.6 Å². The van der Waals surface area contributed by atoms with Crippen LogP contribution in [0.2, 0.25) is 0 Å². The Kier molecular flexibility index (Phi) is 6.99. The molecule has 0 atom stereocenters. The van der Waals surface area contributed by atoms with Crippen LogP contribution in [0, 0.1) is 0 Å². The van der Waals surface area contributed by atoms with Gasteiger partial charge in [0.05, 0.1) is 11.2 Å². The highest BCUT2D eigenvalue weighted by Crippen LogP contribution is 2.47. The molecule has 0 saturated carbocycles. The van der Waals surface area contributed by atoms with E-state index in [0.29, 0.717) is 5.82 Å². The van der Waals surface area contributed by atoms with Gasteiger partial charge in [-0.3, -0.25) is 0 Å². The highest BCUT2D eigenvalue weighted by atomic mass is 15.2. The summed E-state index contributed by atoms with van der Waals surface area (Å²) in [6.07, 6.45) is 0. The molecule has 57 heavy (non-hydrogen) atoms. The second-order valence-corrected chi connectivity index (χ2v) is 15.0. The SMILES string of the molecule is c1ccc(-c2nc(-c3cc4c5c(c3)N(c3ccccc3)c3cc6ccccc6cc3B5c3cc5ccccc5cc3N4c3ccccc3)nc3ccccc23)cc1. The number of anilines is 6. The van der Waals surface area contributed by atoms with Crippen molar-refractivity contribution in [1.82, 2.24) is 9.97 Å². The van der Waals surface area contributed by atoms with E-state index in [0.717, 1.165) is 50.5 Å². The molecule has 2 aliphatic rings. The van der Waals surface area contributed by atoms with Crippen molar-refractivity contribution in [3.63, 3.8) is 0 Å². The van der Waals surface area contributed by atoms with E-state index < -0.39 is 0 Å². The molecule has 0 N–H and O–H groups in total. The third kappa shape index (κ3) is 4.95. The first-order valence-electron chi connectivity index (χ1n) is 19.5. The van der Waals surface area contributed by atoms with Gasteiger partial charge in [-0.2, -0.15) is 0 Å². The molecule has 0 radical (unpaired) electrons. The van der Waals surface area contributed by atoms with E-state index in [2.05, 4.69) is 210 Å². The van der Waals surface area contributed by atoms with Crippen LogP contribution < -0.4 is 26.2 Å². The molecule has 1 aromatic heterocycles. The number of para-hydroxylation sites is 3. The minimum absolute atomic E-state index is 0.0272. The van der Waals surface area contributed by atoms with Gasteiger partial charge < -0.3 is 9.80 Å². The molecule has 9 aromatic carbocycles. The Morgan fingerprint density at radius 3 is 1.37 bits per heavy atom. The molecule has 0 bridgehead atoms. The monoisotopic (exact) mass is 724 g/mol. The average molecular weight is 725 g/mol. The van der Waals surface area contributed by atoms with Crippen LogP contribution >= 0.6 is 0 Å². The molecule has 0 amide bonds. The zero-order valence-electron chi connectivity index (χ0n) is 30.9. The fourth-order valence-corrected chi connectivity index (χ4v) is 9.23. The summed E-state index contributed by atoms with van der Waals surface area (Å²) in [5.41, 5.74) is 14.5. The molecule has 264 valence electrons. The average Bonchev–Trinajstić information content (AvgIpc) is 3.28. The summed E-state index contributed by atoms with van der Waals surface area (Å²) in [6, 6.07) is 72.2. The fourth-order valence-electron chi connectivity index (χ4n) is 9.23. The lowest BCUT2D eigenvalue weighted by molar-refractivity contribution is 1.21. The Morgan fingerprint density at radius 2 is 0.825 bits per heavy atom. The van der Waals surface area contributed by atoms with Crippen LogP contribution in [0.1, 0.15) is 0 Å². The van der Waals surface area contributed by atoms with Gasteiger partial charge in [-0.25, -0.2) is 9.97 Å². The van der Waals surface area contributed by atoms with Crippen molar-refractivity contribution in [3.8, 4) is 22.6 Å². The van der Waals surface area contributed by atoms with Crippen molar-refractivity contribution < 1.29 is 0 Å². The number of hydrogen-bond donors (Lipinski definition) is 0. The summed E-state index contributed by atoms with van der Waals surface area (Å²) < 4.78 is 0. The highest BCUT2D eigenvalue weighted by molar-refractivity contribution is 7.00. The Labute approximate surface area is 331 Å². The van der Waals surface area contributed by atoms with E-state index in [1.807, 2.05) is 0 Å². The molecule has 12 rings (SSSR count). The largest absolute Gasteiger partial charge is 0.311 e. The maximum absolute atomic E-state index is 5.42. The van der Waals surface area contributed by atoms with Crippen LogP contribution in [-0.2, 0) is 0 Å². The molecule has 5 heteroatoms. The van der Waals surface area contributed by atoms with Crippen LogP contribution in [0.3, 0.4) is 0 Å². The minimum atomic E-state index is -0.0272. The number of hydrogen-bond acceptors (Lipinski definition) is 4. The maximum atomic E-state index is 5.42. The molecule has 4 nitrogen and oxygen atoms in total. The number of benzene rings is 9. The molecule has 0 fully saturated rings. The second kappa shape index (κ2) is 12.5. The predicted molar refractivity (Wildman–Crippen MR) is 239 cm³/mol. The molecule has 0 unspecified atom stereocenters. The van der Waals surface area contributed by atoms with Gasteiger partial charge in [0.1, 0.15) is 0 Å². The predicted octanol–water partition coefficient (Wildman–Crippen LogP) is 11.4. The Morgan fingerprint density at radius 1 is 0.368 bits per heavy atom. The quantitative estimate of drug-likeness (QED) is 0.169. The van der Waals surface area contributed by atoms with Crippen LogP contribution in [0.4, 0.5) is 34.1 Å². The first-order chi connectivity index (χ1) is 28.3. The number of fused-ring (bicyclic) bond motifs is 7. The summed E-state index contributed by atoms with van der Waals surface area (Å²) in [7, 11) is 0. The van der Waals surface area contributed by atoms with Crippen molar-refractivity contribution in [1.29, 1.82) is 0 Å². The minimum Gasteiger partial charge on any atom is -0.311 e. The van der Waals surface area contributed by atoms with Crippen LogP contribution in [0.5, 0.6) is 0 Å². The van der Waals surface area contributed by atoms with Crippen LogP contribution in [0.25, 0.3) is 55.1 Å². The zero-order chi connectivity index (χ0) is 37.5. The van der Waals surface area contributed by atoms with Crippen LogP contribution in [0.15, 0.2) is 200 Å². The molecule has 10 aromatic rings. The summed E-state index contributed by atoms with van der Waals surface area (Å²) in [4.78, 5) is 15.7. The topological polar surface area (TPSA) is 32.3 Å². The number of rotatable bonds is 4. The first-order valence-corrected chi connectivity index (χ1v) is 19.5. The lowest BCUT2D eigenvalue weighted by atomic mass is 9.33. The van der Waals surface area contributed by atoms with Gasteiger partial charge in [-0.15, -0.1) is 0 Å². The van der Waals surface area contributed by atoms with Gasteiger partial charge in [0.15, 0.2) is 5.82 Å². The van der Waals surface area contributed by atoms with Gasteiger partial charge in [0.25, 0.3) is 6.71 Å². The van der Waals surface area contributed by atoms with E-state index in [1.54, 1.807) is 0 Å².